The van der Waals surface area contributed by atoms with Crippen LogP contribution in [0.2, 0.25) is 0 Å². The normalized spacial score (nSPS) is 10.6. The molecule has 2 aromatic carbocycles. The summed E-state index contributed by atoms with van der Waals surface area (Å²) in [7, 11) is 1.70. The van der Waals surface area contributed by atoms with Crippen molar-refractivity contribution in [1.29, 1.82) is 0 Å². The fraction of sp³-hybridized carbons (Fsp3) is 0.118. The first-order valence-electron chi connectivity index (χ1n) is 6.39. The molecule has 1 heterocycles. The molecule has 94 valence electrons. The minimum absolute atomic E-state index is 0.857. The lowest BCUT2D eigenvalue weighted by atomic mass is 10.0. The summed E-state index contributed by atoms with van der Waals surface area (Å²) >= 11 is 0. The summed E-state index contributed by atoms with van der Waals surface area (Å²) in [6.45, 7) is 0. The maximum Gasteiger partial charge on any atom is 0.246 e. The maximum atomic E-state index is 5.44. The second kappa shape index (κ2) is 5.11. The Bertz CT molecular complexity index is 692. The molecule has 0 spiro atoms. The van der Waals surface area contributed by atoms with Gasteiger partial charge in [-0.1, -0.05) is 48.5 Å². The van der Waals surface area contributed by atoms with E-state index in [1.165, 1.54) is 22.0 Å². The minimum atomic E-state index is 0.857. The number of hydrogen-bond acceptors (Lipinski definition) is 1. The summed E-state index contributed by atoms with van der Waals surface area (Å²) in [5.74, 6) is 0. The summed E-state index contributed by atoms with van der Waals surface area (Å²) < 4.78 is 1.84. The van der Waals surface area contributed by atoms with Gasteiger partial charge in [0.05, 0.1) is 11.8 Å². The van der Waals surface area contributed by atoms with Crippen LogP contribution in [0.3, 0.4) is 0 Å². The Labute approximate surface area is 112 Å². The molecule has 0 saturated carbocycles. The van der Waals surface area contributed by atoms with Crippen LogP contribution >= 0.6 is 0 Å². The largest absolute Gasteiger partial charge is 0.274 e. The highest BCUT2D eigenvalue weighted by molar-refractivity contribution is 5.83. The molecule has 0 saturated heterocycles. The first-order valence-corrected chi connectivity index (χ1v) is 6.39. The molecule has 19 heavy (non-hydrogen) atoms. The molecule has 0 N–H and O–H groups in total. The zero-order valence-electron chi connectivity index (χ0n) is 10.9. The van der Waals surface area contributed by atoms with Crippen LogP contribution in [0.15, 0.2) is 66.9 Å². The Balaban J connectivity index is 2.15. The van der Waals surface area contributed by atoms with Crippen LogP contribution in [0, 0.1) is 0 Å². The fourth-order valence-electron chi connectivity index (χ4n) is 2.40. The van der Waals surface area contributed by atoms with Crippen LogP contribution in [0.5, 0.6) is 0 Å². The summed E-state index contributed by atoms with van der Waals surface area (Å²) in [6.07, 6.45) is 2.83. The van der Waals surface area contributed by atoms with Gasteiger partial charge in [0.2, 0.25) is 11.9 Å². The van der Waals surface area contributed by atoms with Crippen LogP contribution in [0.25, 0.3) is 10.8 Å². The third-order valence-electron chi connectivity index (χ3n) is 3.34. The zero-order valence-corrected chi connectivity index (χ0v) is 10.9. The Kier molecular flexibility index (Phi) is 3.15. The molecular weight excluding hydrogens is 234 g/mol. The van der Waals surface area contributed by atoms with E-state index in [2.05, 4.69) is 54.6 Å². The molecular formula is C17H16NO+. The van der Waals surface area contributed by atoms with E-state index >= 15 is 0 Å². The number of fused-ring (bicyclic) bond motifs is 1. The Morgan fingerprint density at radius 3 is 2.42 bits per heavy atom. The fourth-order valence-corrected chi connectivity index (χ4v) is 2.40. The van der Waals surface area contributed by atoms with Crippen molar-refractivity contribution in [2.75, 3.05) is 7.11 Å². The molecule has 2 heteroatoms. The van der Waals surface area contributed by atoms with Crippen LogP contribution in [-0.4, -0.2) is 7.11 Å². The van der Waals surface area contributed by atoms with Crippen molar-refractivity contribution in [2.45, 2.75) is 6.42 Å². The highest BCUT2D eigenvalue weighted by Gasteiger charge is 2.16. The summed E-state index contributed by atoms with van der Waals surface area (Å²) in [4.78, 5) is 5.44. The van der Waals surface area contributed by atoms with Crippen molar-refractivity contribution in [3.05, 3.63) is 78.1 Å². The minimum Gasteiger partial charge on any atom is -0.274 e. The highest BCUT2D eigenvalue weighted by Crippen LogP contribution is 2.17. The van der Waals surface area contributed by atoms with Crippen LogP contribution < -0.4 is 9.57 Å². The monoisotopic (exact) mass is 250 g/mol. The molecule has 0 atom stereocenters. The average Bonchev–Trinajstić information content (AvgIpc) is 2.49. The second-order valence-electron chi connectivity index (χ2n) is 4.52. The van der Waals surface area contributed by atoms with Gasteiger partial charge < -0.3 is 0 Å². The molecule has 1 aromatic heterocycles. The number of rotatable bonds is 3. The van der Waals surface area contributed by atoms with E-state index < -0.39 is 0 Å². The Morgan fingerprint density at radius 1 is 0.895 bits per heavy atom. The van der Waals surface area contributed by atoms with E-state index in [4.69, 9.17) is 4.84 Å². The first-order chi connectivity index (χ1) is 9.38. The molecule has 0 aliphatic carbocycles. The van der Waals surface area contributed by atoms with Gasteiger partial charge in [-0.25, -0.2) is 0 Å². The van der Waals surface area contributed by atoms with Crippen LogP contribution in [0.4, 0.5) is 0 Å². The number of aromatic nitrogens is 1. The SMILES string of the molecule is CO[n+]1ccc2ccccc2c1Cc1ccccc1. The molecule has 0 fully saturated rings. The van der Waals surface area contributed by atoms with Gasteiger partial charge in [0.15, 0.2) is 0 Å². The number of hydrogen-bond donors (Lipinski definition) is 0. The third-order valence-corrected chi connectivity index (χ3v) is 3.34. The predicted octanol–water partition coefficient (Wildman–Crippen LogP) is 2.78. The Hall–Kier alpha value is -2.35. The molecule has 0 unspecified atom stereocenters. The molecule has 0 radical (unpaired) electrons. The molecule has 2 nitrogen and oxygen atoms in total. The van der Waals surface area contributed by atoms with Crippen molar-refractivity contribution in [1.82, 2.24) is 0 Å². The molecule has 0 amide bonds. The van der Waals surface area contributed by atoms with Gasteiger partial charge in [0.1, 0.15) is 7.11 Å². The van der Waals surface area contributed by atoms with E-state index in [1.807, 2.05) is 17.0 Å². The maximum absolute atomic E-state index is 5.44. The first kappa shape index (κ1) is 11.7. The smallest absolute Gasteiger partial charge is 0.246 e. The van der Waals surface area contributed by atoms with Gasteiger partial charge in [0.25, 0.3) is 0 Å². The van der Waals surface area contributed by atoms with Crippen molar-refractivity contribution >= 4 is 10.8 Å². The van der Waals surface area contributed by atoms with Gasteiger partial charge in [-0.15, -0.1) is 0 Å². The molecule has 0 bridgehead atoms. The summed E-state index contributed by atoms with van der Waals surface area (Å²) in [5, 5.41) is 2.47. The predicted molar refractivity (Wildman–Crippen MR) is 75.9 cm³/mol. The van der Waals surface area contributed by atoms with Gasteiger partial charge in [0, 0.05) is 10.8 Å². The second-order valence-corrected chi connectivity index (χ2v) is 4.52. The van der Waals surface area contributed by atoms with Gasteiger partial charge in [-0.05, 0) is 17.0 Å². The number of benzene rings is 2. The van der Waals surface area contributed by atoms with Crippen molar-refractivity contribution in [3.63, 3.8) is 0 Å². The van der Waals surface area contributed by atoms with E-state index in [9.17, 15) is 0 Å². The lowest BCUT2D eigenvalue weighted by molar-refractivity contribution is -0.889. The average molecular weight is 250 g/mol. The standard InChI is InChI=1S/C17H16NO/c1-19-18-12-11-15-9-5-6-10-16(15)17(18)13-14-7-3-2-4-8-14/h2-12H,13H2,1H3/q+1. The Morgan fingerprint density at radius 2 is 1.63 bits per heavy atom. The number of nitrogens with zero attached hydrogens (tertiary/aromatic N) is 1. The third kappa shape index (κ3) is 2.29. The van der Waals surface area contributed by atoms with E-state index in [-0.39, 0.29) is 0 Å². The molecule has 0 aliphatic rings. The van der Waals surface area contributed by atoms with Crippen molar-refractivity contribution < 1.29 is 9.57 Å². The highest BCUT2D eigenvalue weighted by atomic mass is 16.6. The topological polar surface area (TPSA) is 13.1 Å². The van der Waals surface area contributed by atoms with Gasteiger partial charge in [-0.3, -0.25) is 4.84 Å². The van der Waals surface area contributed by atoms with Crippen LogP contribution in [0.1, 0.15) is 11.3 Å². The summed E-state index contributed by atoms with van der Waals surface area (Å²) in [5.41, 5.74) is 2.46. The van der Waals surface area contributed by atoms with Crippen LogP contribution in [-0.2, 0) is 6.42 Å². The number of pyridine rings is 1. The lowest BCUT2D eigenvalue weighted by Gasteiger charge is -2.05. The summed E-state index contributed by atoms with van der Waals surface area (Å²) in [6, 6.07) is 20.9. The molecule has 0 aliphatic heterocycles. The van der Waals surface area contributed by atoms with E-state index in [1.54, 1.807) is 7.11 Å². The van der Waals surface area contributed by atoms with Crippen molar-refractivity contribution in [2.24, 2.45) is 0 Å². The molecule has 3 rings (SSSR count). The van der Waals surface area contributed by atoms with E-state index in [0.29, 0.717) is 0 Å². The van der Waals surface area contributed by atoms with E-state index in [0.717, 1.165) is 6.42 Å². The zero-order chi connectivity index (χ0) is 13.1. The van der Waals surface area contributed by atoms with Gasteiger partial charge >= 0.3 is 0 Å². The van der Waals surface area contributed by atoms with Crippen molar-refractivity contribution in [3.8, 4) is 0 Å². The quantitative estimate of drug-likeness (QED) is 0.651. The molecule has 3 aromatic rings. The van der Waals surface area contributed by atoms with Gasteiger partial charge in [-0.2, -0.15) is 0 Å². The lowest BCUT2D eigenvalue weighted by Crippen LogP contribution is -2.44.